The second kappa shape index (κ2) is 6.47. The fourth-order valence-corrected chi connectivity index (χ4v) is 2.48. The van der Waals surface area contributed by atoms with Crippen LogP contribution in [0, 0.1) is 11.3 Å². The first-order chi connectivity index (χ1) is 9.65. The second-order valence-electron chi connectivity index (χ2n) is 4.05. The summed E-state index contributed by atoms with van der Waals surface area (Å²) >= 11 is 12.2. The fraction of sp³-hybridized carbons (Fsp3) is 0.0625. The summed E-state index contributed by atoms with van der Waals surface area (Å²) < 4.78 is 5.10. The summed E-state index contributed by atoms with van der Waals surface area (Å²) in [5, 5.41) is 10.1. The van der Waals surface area contributed by atoms with Crippen molar-refractivity contribution in [1.82, 2.24) is 0 Å². The molecule has 0 aliphatic heterocycles. The van der Waals surface area contributed by atoms with Crippen LogP contribution in [0.3, 0.4) is 0 Å². The number of allylic oxidation sites excluding steroid dienone is 1. The van der Waals surface area contributed by atoms with Crippen molar-refractivity contribution in [2.24, 2.45) is 0 Å². The summed E-state index contributed by atoms with van der Waals surface area (Å²) in [5.41, 5.74) is 2.14. The SMILES string of the molecule is COc1c(Cl)cc(/C=C(\C#N)c2ccccc2)cc1Cl. The Kier molecular flexibility index (Phi) is 4.68. The highest BCUT2D eigenvalue weighted by Crippen LogP contribution is 2.34. The molecule has 0 amide bonds. The molecule has 2 nitrogen and oxygen atoms in total. The van der Waals surface area contributed by atoms with Gasteiger partial charge in [0.2, 0.25) is 0 Å². The van der Waals surface area contributed by atoms with Crippen LogP contribution < -0.4 is 4.74 Å². The number of hydrogen-bond acceptors (Lipinski definition) is 2. The maximum atomic E-state index is 9.27. The fourth-order valence-electron chi connectivity index (χ4n) is 1.82. The molecular formula is C16H11Cl2NO. The minimum Gasteiger partial charge on any atom is -0.494 e. The van der Waals surface area contributed by atoms with Crippen LogP contribution in [0.15, 0.2) is 42.5 Å². The first kappa shape index (κ1) is 14.5. The molecular weight excluding hydrogens is 293 g/mol. The molecule has 100 valence electrons. The number of nitrogens with zero attached hydrogens (tertiary/aromatic N) is 1. The van der Waals surface area contributed by atoms with E-state index in [0.717, 1.165) is 11.1 Å². The Morgan fingerprint density at radius 3 is 2.25 bits per heavy atom. The lowest BCUT2D eigenvalue weighted by Gasteiger charge is -2.07. The maximum absolute atomic E-state index is 9.27. The number of nitriles is 1. The molecule has 0 aliphatic carbocycles. The quantitative estimate of drug-likeness (QED) is 0.586. The molecule has 2 rings (SSSR count). The number of ether oxygens (including phenoxy) is 1. The van der Waals surface area contributed by atoms with Crippen molar-refractivity contribution in [1.29, 1.82) is 5.26 Å². The molecule has 0 fully saturated rings. The van der Waals surface area contributed by atoms with Crippen molar-refractivity contribution < 1.29 is 4.74 Å². The van der Waals surface area contributed by atoms with Crippen LogP contribution in [0.1, 0.15) is 11.1 Å². The van der Waals surface area contributed by atoms with Crippen molar-refractivity contribution in [3.05, 3.63) is 63.6 Å². The molecule has 0 radical (unpaired) electrons. The minimum atomic E-state index is 0.414. The molecule has 0 heterocycles. The molecule has 0 spiro atoms. The van der Waals surface area contributed by atoms with Gasteiger partial charge in [-0.2, -0.15) is 5.26 Å². The van der Waals surface area contributed by atoms with E-state index in [9.17, 15) is 5.26 Å². The van der Waals surface area contributed by atoms with Gasteiger partial charge in [0.05, 0.1) is 28.8 Å². The van der Waals surface area contributed by atoms with E-state index in [1.54, 1.807) is 18.2 Å². The zero-order valence-electron chi connectivity index (χ0n) is 10.7. The van der Waals surface area contributed by atoms with Crippen molar-refractivity contribution in [2.45, 2.75) is 0 Å². The lowest BCUT2D eigenvalue weighted by molar-refractivity contribution is 0.415. The van der Waals surface area contributed by atoms with Crippen LogP contribution in [-0.2, 0) is 0 Å². The maximum Gasteiger partial charge on any atom is 0.156 e. The predicted molar refractivity (Wildman–Crippen MR) is 82.9 cm³/mol. The monoisotopic (exact) mass is 303 g/mol. The van der Waals surface area contributed by atoms with Gasteiger partial charge < -0.3 is 4.74 Å². The van der Waals surface area contributed by atoms with Crippen LogP contribution in [0.25, 0.3) is 11.6 Å². The normalized spacial score (nSPS) is 11.0. The molecule has 0 aliphatic rings. The van der Waals surface area contributed by atoms with Crippen LogP contribution in [0.5, 0.6) is 5.75 Å². The van der Waals surface area contributed by atoms with Crippen molar-refractivity contribution in [2.75, 3.05) is 7.11 Å². The van der Waals surface area contributed by atoms with E-state index in [2.05, 4.69) is 6.07 Å². The van der Waals surface area contributed by atoms with Gasteiger partial charge in [-0.25, -0.2) is 0 Å². The number of methoxy groups -OCH3 is 1. The standard InChI is InChI=1S/C16H11Cl2NO/c1-20-16-14(17)8-11(9-15(16)18)7-13(10-19)12-5-3-2-4-6-12/h2-9H,1H3/b13-7+. The summed E-state index contributed by atoms with van der Waals surface area (Å²) in [6.07, 6.45) is 1.74. The predicted octanol–water partition coefficient (Wildman–Crippen LogP) is 5.07. The largest absolute Gasteiger partial charge is 0.494 e. The average Bonchev–Trinajstić information content (AvgIpc) is 2.45. The molecule has 0 unspecified atom stereocenters. The van der Waals surface area contributed by atoms with E-state index < -0.39 is 0 Å². The third-order valence-corrected chi connectivity index (χ3v) is 3.30. The van der Waals surface area contributed by atoms with E-state index in [0.29, 0.717) is 21.4 Å². The number of benzene rings is 2. The molecule has 4 heteroatoms. The van der Waals surface area contributed by atoms with Crippen molar-refractivity contribution in [3.63, 3.8) is 0 Å². The summed E-state index contributed by atoms with van der Waals surface area (Å²) in [5.74, 6) is 0.434. The van der Waals surface area contributed by atoms with Gasteiger partial charge in [0.25, 0.3) is 0 Å². The molecule has 0 bridgehead atoms. The van der Waals surface area contributed by atoms with Gasteiger partial charge in [0, 0.05) is 0 Å². The lowest BCUT2D eigenvalue weighted by atomic mass is 10.0. The van der Waals surface area contributed by atoms with Crippen molar-refractivity contribution in [3.8, 4) is 11.8 Å². The van der Waals surface area contributed by atoms with Crippen LogP contribution >= 0.6 is 23.2 Å². The van der Waals surface area contributed by atoms with Gasteiger partial charge >= 0.3 is 0 Å². The second-order valence-corrected chi connectivity index (χ2v) is 4.87. The highest BCUT2D eigenvalue weighted by molar-refractivity contribution is 6.37. The zero-order chi connectivity index (χ0) is 14.5. The number of rotatable bonds is 3. The highest BCUT2D eigenvalue weighted by atomic mass is 35.5. The Morgan fingerprint density at radius 1 is 1.15 bits per heavy atom. The van der Waals surface area contributed by atoms with Gasteiger partial charge in [-0.15, -0.1) is 0 Å². The summed E-state index contributed by atoms with van der Waals surface area (Å²) in [4.78, 5) is 0. The summed E-state index contributed by atoms with van der Waals surface area (Å²) in [6.45, 7) is 0. The Balaban J connectivity index is 2.47. The van der Waals surface area contributed by atoms with Crippen molar-refractivity contribution >= 4 is 34.9 Å². The molecule has 2 aromatic rings. The Hall–Kier alpha value is -1.95. The zero-order valence-corrected chi connectivity index (χ0v) is 12.2. The smallest absolute Gasteiger partial charge is 0.156 e. The van der Waals surface area contributed by atoms with E-state index in [1.165, 1.54) is 7.11 Å². The van der Waals surface area contributed by atoms with Gasteiger partial charge in [0.1, 0.15) is 0 Å². The van der Waals surface area contributed by atoms with Crippen LogP contribution in [0.2, 0.25) is 10.0 Å². The summed E-state index contributed by atoms with van der Waals surface area (Å²) in [7, 11) is 1.51. The molecule has 20 heavy (non-hydrogen) atoms. The van der Waals surface area contributed by atoms with Gasteiger partial charge in [-0.05, 0) is 29.3 Å². The molecule has 2 aromatic carbocycles. The molecule has 0 saturated carbocycles. The Morgan fingerprint density at radius 2 is 1.75 bits per heavy atom. The minimum absolute atomic E-state index is 0.414. The molecule has 0 aromatic heterocycles. The first-order valence-electron chi connectivity index (χ1n) is 5.86. The third-order valence-electron chi connectivity index (χ3n) is 2.74. The topological polar surface area (TPSA) is 33.0 Å². The average molecular weight is 304 g/mol. The van der Waals surface area contributed by atoms with E-state index in [4.69, 9.17) is 27.9 Å². The lowest BCUT2D eigenvalue weighted by Crippen LogP contribution is -1.87. The van der Waals surface area contributed by atoms with Gasteiger partial charge in [0.15, 0.2) is 5.75 Å². The number of hydrogen-bond donors (Lipinski definition) is 0. The van der Waals surface area contributed by atoms with E-state index in [-0.39, 0.29) is 0 Å². The van der Waals surface area contributed by atoms with Gasteiger partial charge in [-0.3, -0.25) is 0 Å². The third kappa shape index (κ3) is 3.14. The molecule has 0 N–H and O–H groups in total. The van der Waals surface area contributed by atoms with E-state index in [1.807, 2.05) is 30.3 Å². The first-order valence-corrected chi connectivity index (χ1v) is 6.61. The Labute approximate surface area is 127 Å². The number of halogens is 2. The van der Waals surface area contributed by atoms with Crippen LogP contribution in [0.4, 0.5) is 0 Å². The van der Waals surface area contributed by atoms with E-state index >= 15 is 0 Å². The molecule has 0 saturated heterocycles. The molecule has 0 atom stereocenters. The highest BCUT2D eigenvalue weighted by Gasteiger charge is 2.08. The van der Waals surface area contributed by atoms with Crippen LogP contribution in [-0.4, -0.2) is 7.11 Å². The van der Waals surface area contributed by atoms with Gasteiger partial charge in [-0.1, -0.05) is 53.5 Å². The Bertz CT molecular complexity index is 664. The summed E-state index contributed by atoms with van der Waals surface area (Å²) in [6, 6.07) is 15.0.